The average molecular weight is 212 g/mol. The van der Waals surface area contributed by atoms with Gasteiger partial charge < -0.3 is 16.2 Å². The van der Waals surface area contributed by atoms with E-state index in [1.165, 1.54) is 7.11 Å². The quantitative estimate of drug-likeness (QED) is 0.599. The van der Waals surface area contributed by atoms with E-state index >= 15 is 0 Å². The molecule has 5 N–H and O–H groups in total. The van der Waals surface area contributed by atoms with Gasteiger partial charge in [0.25, 0.3) is 0 Å². The second kappa shape index (κ2) is 2.88. The summed E-state index contributed by atoms with van der Waals surface area (Å²) in [6.45, 7) is 0. The van der Waals surface area contributed by atoms with Gasteiger partial charge in [-0.1, -0.05) is 0 Å². The Labute approximate surface area is 82.8 Å². The largest absolute Gasteiger partial charge is 0.465 e. The smallest absolute Gasteiger partial charge is 0.350 e. The Morgan fingerprint density at radius 2 is 2.29 bits per heavy atom. The minimum absolute atomic E-state index is 0.322. The van der Waals surface area contributed by atoms with Gasteiger partial charge in [-0.2, -0.15) is 5.10 Å². The number of nitrogens with two attached hydrogens (primary N) is 2. The molecule has 7 heteroatoms. The van der Waals surface area contributed by atoms with Crippen LogP contribution in [0.15, 0.2) is 0 Å². The maximum atomic E-state index is 11.2. The number of nitrogens with zero attached hydrogens (tertiary/aromatic N) is 1. The molecule has 0 saturated carbocycles. The minimum Gasteiger partial charge on any atom is -0.465 e. The van der Waals surface area contributed by atoms with Gasteiger partial charge in [-0.25, -0.2) is 4.79 Å². The van der Waals surface area contributed by atoms with Gasteiger partial charge in [-0.15, -0.1) is 11.3 Å². The topological polar surface area (TPSA) is 107 Å². The number of aromatic nitrogens is 2. The van der Waals surface area contributed by atoms with E-state index in [9.17, 15) is 4.79 Å². The Balaban J connectivity index is 2.69. The molecule has 0 radical (unpaired) electrons. The number of nitrogens with one attached hydrogen (secondary N) is 1. The van der Waals surface area contributed by atoms with Crippen LogP contribution in [0.3, 0.4) is 0 Å². The van der Waals surface area contributed by atoms with Crippen LogP contribution in [0.1, 0.15) is 9.67 Å². The monoisotopic (exact) mass is 212 g/mol. The molecule has 0 aromatic carbocycles. The molecule has 0 atom stereocenters. The zero-order valence-electron chi connectivity index (χ0n) is 7.33. The van der Waals surface area contributed by atoms with Crippen molar-refractivity contribution in [2.45, 2.75) is 0 Å². The molecule has 0 spiro atoms. The van der Waals surface area contributed by atoms with Crippen molar-refractivity contribution in [3.8, 4) is 0 Å². The van der Waals surface area contributed by atoms with E-state index in [-0.39, 0.29) is 0 Å². The molecule has 0 aliphatic rings. The van der Waals surface area contributed by atoms with E-state index < -0.39 is 5.97 Å². The maximum absolute atomic E-state index is 11.2. The zero-order chi connectivity index (χ0) is 10.3. The van der Waals surface area contributed by atoms with Gasteiger partial charge in [-0.3, -0.25) is 5.10 Å². The first-order chi connectivity index (χ1) is 6.65. The number of hydrogen-bond acceptors (Lipinski definition) is 6. The molecule has 0 aliphatic carbocycles. The number of thiophene rings is 1. The lowest BCUT2D eigenvalue weighted by Gasteiger charge is -1.96. The summed E-state index contributed by atoms with van der Waals surface area (Å²) in [4.78, 5) is 12.2. The van der Waals surface area contributed by atoms with Crippen LogP contribution in [0.2, 0.25) is 0 Å². The second-order valence-electron chi connectivity index (χ2n) is 2.65. The lowest BCUT2D eigenvalue weighted by Crippen LogP contribution is -2.02. The normalized spacial score (nSPS) is 10.6. The first-order valence-electron chi connectivity index (χ1n) is 3.75. The number of aromatic amines is 1. The number of fused-ring (bicyclic) bond motifs is 1. The molecule has 2 aromatic heterocycles. The number of H-pyrrole nitrogens is 1. The maximum Gasteiger partial charge on any atom is 0.350 e. The minimum atomic E-state index is -0.468. The molecule has 2 heterocycles. The summed E-state index contributed by atoms with van der Waals surface area (Å²) < 4.78 is 4.57. The fourth-order valence-corrected chi connectivity index (χ4v) is 2.17. The average Bonchev–Trinajstić information content (AvgIpc) is 2.68. The van der Waals surface area contributed by atoms with E-state index in [0.717, 1.165) is 11.3 Å². The van der Waals surface area contributed by atoms with E-state index in [4.69, 9.17) is 11.5 Å². The van der Waals surface area contributed by atoms with Crippen molar-refractivity contribution in [1.82, 2.24) is 10.2 Å². The third-order valence-electron chi connectivity index (χ3n) is 1.84. The molecule has 74 valence electrons. The van der Waals surface area contributed by atoms with Gasteiger partial charge >= 0.3 is 5.97 Å². The van der Waals surface area contributed by atoms with Gasteiger partial charge in [0.05, 0.1) is 18.2 Å². The van der Waals surface area contributed by atoms with Crippen LogP contribution >= 0.6 is 11.3 Å². The molecule has 0 unspecified atom stereocenters. The Hall–Kier alpha value is -1.76. The molecule has 0 amide bonds. The van der Waals surface area contributed by atoms with Crippen molar-refractivity contribution < 1.29 is 9.53 Å². The molecule has 0 fully saturated rings. The van der Waals surface area contributed by atoms with Crippen molar-refractivity contribution in [3.63, 3.8) is 0 Å². The van der Waals surface area contributed by atoms with Crippen LogP contribution in [-0.4, -0.2) is 23.3 Å². The molecule has 0 saturated heterocycles. The third kappa shape index (κ3) is 1.02. The first kappa shape index (κ1) is 8.82. The van der Waals surface area contributed by atoms with Crippen LogP contribution in [-0.2, 0) is 4.74 Å². The Kier molecular flexibility index (Phi) is 1.81. The summed E-state index contributed by atoms with van der Waals surface area (Å²) in [5.74, 6) is -0.103. The Morgan fingerprint density at radius 1 is 1.57 bits per heavy atom. The fraction of sp³-hybridized carbons (Fsp3) is 0.143. The first-order valence-corrected chi connectivity index (χ1v) is 4.57. The molecular formula is C7H8N4O2S. The number of methoxy groups -OCH3 is 1. The Bertz CT molecular complexity index is 501. The van der Waals surface area contributed by atoms with Crippen LogP contribution in [0.5, 0.6) is 0 Å². The summed E-state index contributed by atoms with van der Waals surface area (Å²) >= 11 is 1.16. The Morgan fingerprint density at radius 3 is 2.86 bits per heavy atom. The van der Waals surface area contributed by atoms with Crippen molar-refractivity contribution in [3.05, 3.63) is 4.88 Å². The number of hydrogen-bond donors (Lipinski definition) is 3. The van der Waals surface area contributed by atoms with Gasteiger partial charge in [0.2, 0.25) is 0 Å². The number of esters is 1. The SMILES string of the molecule is COC(=O)c1sc2n[nH]c(N)c2c1N. The highest BCUT2D eigenvalue weighted by molar-refractivity contribution is 7.21. The summed E-state index contributed by atoms with van der Waals surface area (Å²) in [6.07, 6.45) is 0. The number of carbonyl (C=O) groups excluding carboxylic acids is 1. The van der Waals surface area contributed by atoms with Crippen LogP contribution in [0.4, 0.5) is 11.5 Å². The summed E-state index contributed by atoms with van der Waals surface area (Å²) in [5.41, 5.74) is 11.6. The van der Waals surface area contributed by atoms with Crippen molar-refractivity contribution in [2.75, 3.05) is 18.6 Å². The fourth-order valence-electron chi connectivity index (χ4n) is 1.18. The van der Waals surface area contributed by atoms with E-state index in [1.54, 1.807) is 0 Å². The molecule has 2 rings (SSSR count). The van der Waals surface area contributed by atoms with Gasteiger partial charge in [0.15, 0.2) is 0 Å². The number of anilines is 2. The predicted octanol–water partition coefficient (Wildman–Crippen LogP) is 0.575. The summed E-state index contributed by atoms with van der Waals surface area (Å²) in [7, 11) is 1.30. The van der Waals surface area contributed by atoms with Crippen molar-refractivity contribution in [1.29, 1.82) is 0 Å². The van der Waals surface area contributed by atoms with Crippen LogP contribution in [0, 0.1) is 0 Å². The molecule has 6 nitrogen and oxygen atoms in total. The number of rotatable bonds is 1. The van der Waals surface area contributed by atoms with Crippen LogP contribution in [0.25, 0.3) is 10.2 Å². The molecule has 0 aliphatic heterocycles. The lowest BCUT2D eigenvalue weighted by atomic mass is 10.3. The molecule has 2 aromatic rings. The highest BCUT2D eigenvalue weighted by Crippen LogP contribution is 2.35. The van der Waals surface area contributed by atoms with Crippen LogP contribution < -0.4 is 11.5 Å². The van der Waals surface area contributed by atoms with Crippen molar-refractivity contribution in [2.24, 2.45) is 0 Å². The lowest BCUT2D eigenvalue weighted by molar-refractivity contribution is 0.0607. The van der Waals surface area contributed by atoms with Gasteiger partial charge in [0.1, 0.15) is 15.5 Å². The van der Waals surface area contributed by atoms with Gasteiger partial charge in [-0.05, 0) is 0 Å². The standard InChI is InChI=1S/C7H8N4O2S/c1-13-7(12)4-3(8)2-5(9)10-11-6(2)14-4/h8H2,1H3,(H3,9,10,11). The van der Waals surface area contributed by atoms with E-state index in [1.807, 2.05) is 0 Å². The number of nitrogen functional groups attached to an aromatic ring is 2. The third-order valence-corrected chi connectivity index (χ3v) is 2.92. The number of ether oxygens (including phenoxy) is 1. The van der Waals surface area contributed by atoms with Crippen molar-refractivity contribution >= 4 is 39.0 Å². The highest BCUT2D eigenvalue weighted by atomic mass is 32.1. The summed E-state index contributed by atoms with van der Waals surface area (Å²) in [6, 6.07) is 0. The summed E-state index contributed by atoms with van der Waals surface area (Å²) in [5, 5.41) is 7.08. The highest BCUT2D eigenvalue weighted by Gasteiger charge is 2.20. The predicted molar refractivity (Wildman–Crippen MR) is 54.1 cm³/mol. The molecule has 0 bridgehead atoms. The van der Waals surface area contributed by atoms with E-state index in [0.29, 0.717) is 26.6 Å². The van der Waals surface area contributed by atoms with Gasteiger partial charge in [0, 0.05) is 0 Å². The second-order valence-corrected chi connectivity index (χ2v) is 3.65. The zero-order valence-corrected chi connectivity index (χ0v) is 8.14. The number of carbonyl (C=O) groups is 1. The molecule has 14 heavy (non-hydrogen) atoms. The molecular weight excluding hydrogens is 204 g/mol. The van der Waals surface area contributed by atoms with E-state index in [2.05, 4.69) is 14.9 Å².